The van der Waals surface area contributed by atoms with E-state index in [9.17, 15) is 19.2 Å². The molecular formula is C21H29N5O5. The van der Waals surface area contributed by atoms with Gasteiger partial charge in [0.05, 0.1) is 12.6 Å². The molecule has 0 aliphatic rings. The van der Waals surface area contributed by atoms with E-state index in [1.165, 1.54) is 6.92 Å². The summed E-state index contributed by atoms with van der Waals surface area (Å²) < 4.78 is 5.16. The molecule has 0 bridgehead atoms. The maximum absolute atomic E-state index is 12.6. The summed E-state index contributed by atoms with van der Waals surface area (Å²) in [6.45, 7) is 4.83. The molecule has 0 radical (unpaired) electrons. The van der Waals surface area contributed by atoms with E-state index in [1.54, 1.807) is 6.07 Å². The van der Waals surface area contributed by atoms with Gasteiger partial charge >= 0.3 is 6.09 Å². The molecule has 0 aliphatic heterocycles. The third-order valence-corrected chi connectivity index (χ3v) is 4.07. The number of nitrogens with one attached hydrogen (secondary N) is 4. The summed E-state index contributed by atoms with van der Waals surface area (Å²) in [4.78, 5) is 48.3. The lowest BCUT2D eigenvalue weighted by atomic mass is 10.0. The fourth-order valence-electron chi connectivity index (χ4n) is 2.51. The van der Waals surface area contributed by atoms with E-state index in [0.717, 1.165) is 5.56 Å². The van der Waals surface area contributed by atoms with Crippen LogP contribution in [0.25, 0.3) is 0 Å². The van der Waals surface area contributed by atoms with Crippen LogP contribution in [0.2, 0.25) is 0 Å². The Balaban J connectivity index is 2.56. The predicted octanol–water partition coefficient (Wildman–Crippen LogP) is 0.588. The first-order chi connectivity index (χ1) is 14.7. The number of nitrogens with zero attached hydrogens (tertiary/aromatic N) is 1. The molecule has 31 heavy (non-hydrogen) atoms. The Morgan fingerprint density at radius 3 is 2.29 bits per heavy atom. The van der Waals surface area contributed by atoms with Crippen molar-refractivity contribution in [1.29, 1.82) is 5.26 Å². The molecule has 0 aliphatic carbocycles. The van der Waals surface area contributed by atoms with Gasteiger partial charge in [-0.05, 0) is 24.8 Å². The average Bonchev–Trinajstić information content (AvgIpc) is 2.74. The topological polar surface area (TPSA) is 149 Å². The van der Waals surface area contributed by atoms with Crippen molar-refractivity contribution < 1.29 is 23.9 Å². The molecule has 1 rings (SSSR count). The van der Waals surface area contributed by atoms with Crippen molar-refractivity contribution in [3.63, 3.8) is 0 Å². The van der Waals surface area contributed by atoms with Crippen LogP contribution in [-0.4, -0.2) is 49.0 Å². The number of carbonyl (C=O) groups excluding carboxylic acids is 4. The largest absolute Gasteiger partial charge is 0.445 e. The Morgan fingerprint density at radius 1 is 1.00 bits per heavy atom. The molecule has 4 amide bonds. The van der Waals surface area contributed by atoms with Gasteiger partial charge in [-0.3, -0.25) is 14.4 Å². The summed E-state index contributed by atoms with van der Waals surface area (Å²) in [7, 11) is 0. The maximum atomic E-state index is 12.6. The SMILES string of the molecule is CC(C)C[C@H](NC(=O)OCc1ccccc1)C(=O)N[C@@H](C)C(=O)NCC(=O)NCC#N. The number of nitriles is 1. The molecule has 168 valence electrons. The first kappa shape index (κ1) is 25.4. The Bertz CT molecular complexity index is 791. The standard InChI is InChI=1S/C21H29N5O5/c1-14(2)11-17(26-21(30)31-13-16-7-5-4-6-8-16)20(29)25-15(3)19(28)24-12-18(27)23-10-9-22/h4-8,14-15,17H,10-13H2,1-3H3,(H,23,27)(H,24,28)(H,25,29)(H,26,30)/t15-,17-/m0/s1. The Labute approximate surface area is 181 Å². The molecule has 0 unspecified atom stereocenters. The minimum absolute atomic E-state index is 0.0648. The number of carbonyl (C=O) groups is 4. The van der Waals surface area contributed by atoms with Gasteiger partial charge in [-0.15, -0.1) is 0 Å². The second-order valence-electron chi connectivity index (χ2n) is 7.27. The van der Waals surface area contributed by atoms with Gasteiger partial charge in [0.1, 0.15) is 25.2 Å². The van der Waals surface area contributed by atoms with Gasteiger partial charge in [0.15, 0.2) is 0 Å². The number of benzene rings is 1. The van der Waals surface area contributed by atoms with Crippen molar-refractivity contribution in [3.05, 3.63) is 35.9 Å². The second kappa shape index (κ2) is 13.6. The smallest absolute Gasteiger partial charge is 0.408 e. The summed E-state index contributed by atoms with van der Waals surface area (Å²) in [6.07, 6.45) is -0.395. The molecule has 0 saturated carbocycles. The van der Waals surface area contributed by atoms with Crippen molar-refractivity contribution in [2.24, 2.45) is 5.92 Å². The maximum Gasteiger partial charge on any atom is 0.408 e. The van der Waals surface area contributed by atoms with Gasteiger partial charge in [-0.1, -0.05) is 44.2 Å². The molecule has 10 nitrogen and oxygen atoms in total. The molecule has 0 fully saturated rings. The van der Waals surface area contributed by atoms with E-state index in [0.29, 0.717) is 6.42 Å². The van der Waals surface area contributed by atoms with E-state index < -0.39 is 35.9 Å². The van der Waals surface area contributed by atoms with Crippen molar-refractivity contribution in [2.75, 3.05) is 13.1 Å². The number of hydrogen-bond donors (Lipinski definition) is 4. The summed E-state index contributed by atoms with van der Waals surface area (Å²) in [6, 6.07) is 9.05. The van der Waals surface area contributed by atoms with Crippen LogP contribution in [0.1, 0.15) is 32.8 Å². The van der Waals surface area contributed by atoms with Crippen LogP contribution in [0, 0.1) is 17.2 Å². The highest BCUT2D eigenvalue weighted by Crippen LogP contribution is 2.07. The molecule has 0 heterocycles. The Kier molecular flexibility index (Phi) is 11.1. The Hall–Kier alpha value is -3.61. The molecule has 10 heteroatoms. The van der Waals surface area contributed by atoms with Crippen LogP contribution in [-0.2, 0) is 25.7 Å². The van der Waals surface area contributed by atoms with Crippen molar-refractivity contribution in [1.82, 2.24) is 21.3 Å². The molecule has 4 N–H and O–H groups in total. The molecule has 0 spiro atoms. The first-order valence-corrected chi connectivity index (χ1v) is 9.91. The van der Waals surface area contributed by atoms with Crippen LogP contribution in [0.3, 0.4) is 0 Å². The van der Waals surface area contributed by atoms with Crippen molar-refractivity contribution in [3.8, 4) is 6.07 Å². The third kappa shape index (κ3) is 10.7. The molecule has 0 aromatic heterocycles. The first-order valence-electron chi connectivity index (χ1n) is 9.91. The zero-order chi connectivity index (χ0) is 23.2. The van der Waals surface area contributed by atoms with Crippen LogP contribution in [0.5, 0.6) is 0 Å². The van der Waals surface area contributed by atoms with Crippen molar-refractivity contribution >= 4 is 23.8 Å². The van der Waals surface area contributed by atoms with Crippen LogP contribution in [0.4, 0.5) is 4.79 Å². The van der Waals surface area contributed by atoms with E-state index in [4.69, 9.17) is 10.00 Å². The van der Waals surface area contributed by atoms with Gasteiger partial charge in [0.25, 0.3) is 0 Å². The molecule has 1 aromatic carbocycles. The summed E-state index contributed by atoms with van der Waals surface area (Å²) in [5.74, 6) is -1.54. The van der Waals surface area contributed by atoms with Crippen LogP contribution >= 0.6 is 0 Å². The van der Waals surface area contributed by atoms with E-state index in [1.807, 2.05) is 44.2 Å². The number of ether oxygens (including phenoxy) is 1. The average molecular weight is 431 g/mol. The Morgan fingerprint density at radius 2 is 1.68 bits per heavy atom. The fourth-order valence-corrected chi connectivity index (χ4v) is 2.51. The summed E-state index contributed by atoms with van der Waals surface area (Å²) >= 11 is 0. The third-order valence-electron chi connectivity index (χ3n) is 4.07. The normalized spacial score (nSPS) is 12.1. The molecule has 0 saturated heterocycles. The van der Waals surface area contributed by atoms with Crippen LogP contribution in [0.15, 0.2) is 30.3 Å². The lowest BCUT2D eigenvalue weighted by Crippen LogP contribution is -2.53. The zero-order valence-electron chi connectivity index (χ0n) is 17.9. The van der Waals surface area contributed by atoms with Gasteiger partial charge in [-0.25, -0.2) is 4.79 Å². The van der Waals surface area contributed by atoms with Gasteiger partial charge in [-0.2, -0.15) is 5.26 Å². The van der Waals surface area contributed by atoms with Crippen molar-refractivity contribution in [2.45, 2.75) is 45.9 Å². The van der Waals surface area contributed by atoms with Gasteiger partial charge in [0.2, 0.25) is 17.7 Å². The highest BCUT2D eigenvalue weighted by Gasteiger charge is 2.26. The monoisotopic (exact) mass is 431 g/mol. The van der Waals surface area contributed by atoms with E-state index >= 15 is 0 Å². The van der Waals surface area contributed by atoms with Gasteiger partial charge in [0, 0.05) is 0 Å². The minimum atomic E-state index is -0.937. The number of amides is 4. The lowest BCUT2D eigenvalue weighted by molar-refractivity contribution is -0.130. The quantitative estimate of drug-likeness (QED) is 0.377. The minimum Gasteiger partial charge on any atom is -0.445 e. The highest BCUT2D eigenvalue weighted by molar-refractivity contribution is 5.92. The second-order valence-corrected chi connectivity index (χ2v) is 7.27. The number of rotatable bonds is 11. The highest BCUT2D eigenvalue weighted by atomic mass is 16.5. The zero-order valence-corrected chi connectivity index (χ0v) is 17.9. The van der Waals surface area contributed by atoms with Gasteiger partial charge < -0.3 is 26.0 Å². The summed E-state index contributed by atoms with van der Waals surface area (Å²) in [5.41, 5.74) is 0.812. The molecular weight excluding hydrogens is 402 g/mol. The van der Waals surface area contributed by atoms with Crippen LogP contribution < -0.4 is 21.3 Å². The number of hydrogen-bond acceptors (Lipinski definition) is 6. The predicted molar refractivity (Wildman–Crippen MR) is 112 cm³/mol. The molecule has 1 aromatic rings. The lowest BCUT2D eigenvalue weighted by Gasteiger charge is -2.22. The van der Waals surface area contributed by atoms with E-state index in [2.05, 4.69) is 21.3 Å². The van der Waals surface area contributed by atoms with E-state index in [-0.39, 0.29) is 25.6 Å². The number of alkyl carbamates (subject to hydrolysis) is 1. The summed E-state index contributed by atoms with van der Waals surface area (Å²) in [5, 5.41) is 18.1. The fraction of sp³-hybridized carbons (Fsp3) is 0.476. The molecule has 2 atom stereocenters.